The zero-order chi connectivity index (χ0) is 18.2. The van der Waals surface area contributed by atoms with E-state index in [0.717, 1.165) is 56.5 Å². The molecule has 1 amide bonds. The summed E-state index contributed by atoms with van der Waals surface area (Å²) in [5, 5.41) is 3.44. The van der Waals surface area contributed by atoms with Gasteiger partial charge in [-0.1, -0.05) is 31.5 Å². The number of pyridine rings is 1. The number of carbonyl (C=O) groups is 1. The Bertz CT molecular complexity index is 676. The molecule has 1 aliphatic rings. The fourth-order valence-electron chi connectivity index (χ4n) is 3.61. The van der Waals surface area contributed by atoms with E-state index < -0.39 is 0 Å². The smallest absolute Gasteiger partial charge is 0.254 e. The minimum atomic E-state index is 0.116. The average molecular weight is 351 g/mol. The minimum absolute atomic E-state index is 0.116. The first-order valence-corrected chi connectivity index (χ1v) is 9.78. The summed E-state index contributed by atoms with van der Waals surface area (Å²) in [5.74, 6) is 0.116. The van der Waals surface area contributed by atoms with Crippen LogP contribution in [0.3, 0.4) is 0 Å². The van der Waals surface area contributed by atoms with Crippen molar-refractivity contribution in [3.8, 4) is 0 Å². The standard InChI is InChI=1S/C22H29N3O/c1-2-6-18-9-11-19(12-10-18)22(26)25(17-20-7-3-4-15-24-20)21-8-5-14-23-16-13-21/h3-4,7,9-12,15,21,23H,2,5-6,8,13-14,16-17H2,1H3. The minimum Gasteiger partial charge on any atom is -0.330 e. The molecule has 26 heavy (non-hydrogen) atoms. The van der Waals surface area contributed by atoms with Crippen LogP contribution >= 0.6 is 0 Å². The molecule has 3 rings (SSSR count). The molecular formula is C22H29N3O. The normalized spacial score (nSPS) is 17.5. The quantitative estimate of drug-likeness (QED) is 0.860. The first-order chi connectivity index (χ1) is 12.8. The Balaban J connectivity index is 1.81. The zero-order valence-corrected chi connectivity index (χ0v) is 15.7. The number of aromatic nitrogens is 1. The molecule has 0 radical (unpaired) electrons. The molecule has 1 saturated heterocycles. The van der Waals surface area contributed by atoms with Crippen molar-refractivity contribution in [3.63, 3.8) is 0 Å². The van der Waals surface area contributed by atoms with E-state index in [-0.39, 0.29) is 11.9 Å². The van der Waals surface area contributed by atoms with Crippen molar-refractivity contribution in [1.29, 1.82) is 0 Å². The molecule has 1 N–H and O–H groups in total. The lowest BCUT2D eigenvalue weighted by atomic mass is 10.0. The van der Waals surface area contributed by atoms with Crippen molar-refractivity contribution in [1.82, 2.24) is 15.2 Å². The third-order valence-corrected chi connectivity index (χ3v) is 5.04. The van der Waals surface area contributed by atoms with Gasteiger partial charge in [-0.05, 0) is 68.6 Å². The van der Waals surface area contributed by atoms with Gasteiger partial charge < -0.3 is 10.2 Å². The van der Waals surface area contributed by atoms with Gasteiger partial charge in [0.15, 0.2) is 0 Å². The summed E-state index contributed by atoms with van der Waals surface area (Å²) in [7, 11) is 0. The van der Waals surface area contributed by atoms with Gasteiger partial charge in [-0.25, -0.2) is 0 Å². The van der Waals surface area contributed by atoms with Crippen molar-refractivity contribution in [2.75, 3.05) is 13.1 Å². The molecule has 4 nitrogen and oxygen atoms in total. The van der Waals surface area contributed by atoms with Crippen LogP contribution < -0.4 is 5.32 Å². The van der Waals surface area contributed by atoms with Crippen molar-refractivity contribution in [3.05, 3.63) is 65.5 Å². The van der Waals surface area contributed by atoms with Crippen LogP contribution in [0, 0.1) is 0 Å². The molecule has 1 aromatic carbocycles. The summed E-state index contributed by atoms with van der Waals surface area (Å²) in [6, 6.07) is 14.3. The van der Waals surface area contributed by atoms with Crippen molar-refractivity contribution in [2.24, 2.45) is 0 Å². The number of rotatable bonds is 6. The average Bonchev–Trinajstić information content (AvgIpc) is 2.97. The van der Waals surface area contributed by atoms with Gasteiger partial charge in [0, 0.05) is 17.8 Å². The predicted octanol–water partition coefficient (Wildman–Crippen LogP) is 3.82. The molecule has 2 aromatic rings. The Labute approximate surface area is 156 Å². The predicted molar refractivity (Wildman–Crippen MR) is 105 cm³/mol. The van der Waals surface area contributed by atoms with E-state index in [0.29, 0.717) is 6.54 Å². The lowest BCUT2D eigenvalue weighted by Gasteiger charge is -2.31. The number of hydrogen-bond acceptors (Lipinski definition) is 3. The molecule has 1 aromatic heterocycles. The monoisotopic (exact) mass is 351 g/mol. The molecule has 2 heterocycles. The van der Waals surface area contributed by atoms with Crippen molar-refractivity contribution >= 4 is 5.91 Å². The second-order valence-electron chi connectivity index (χ2n) is 7.04. The Morgan fingerprint density at radius 1 is 1.15 bits per heavy atom. The third-order valence-electron chi connectivity index (χ3n) is 5.04. The van der Waals surface area contributed by atoms with Gasteiger partial charge in [0.05, 0.1) is 12.2 Å². The number of hydrogen-bond donors (Lipinski definition) is 1. The van der Waals surface area contributed by atoms with E-state index in [9.17, 15) is 4.79 Å². The summed E-state index contributed by atoms with van der Waals surface area (Å²) in [4.78, 5) is 19.8. The number of benzene rings is 1. The van der Waals surface area contributed by atoms with E-state index in [1.807, 2.05) is 35.2 Å². The van der Waals surface area contributed by atoms with Gasteiger partial charge in [0.1, 0.15) is 0 Å². The lowest BCUT2D eigenvalue weighted by Crippen LogP contribution is -2.40. The molecule has 0 spiro atoms. The largest absolute Gasteiger partial charge is 0.330 e. The number of carbonyl (C=O) groups excluding carboxylic acids is 1. The molecular weight excluding hydrogens is 322 g/mol. The molecule has 0 aliphatic carbocycles. The summed E-state index contributed by atoms with van der Waals surface area (Å²) < 4.78 is 0. The van der Waals surface area contributed by atoms with Crippen LogP contribution in [0.5, 0.6) is 0 Å². The van der Waals surface area contributed by atoms with Crippen molar-refractivity contribution < 1.29 is 4.79 Å². The topological polar surface area (TPSA) is 45.2 Å². The number of aryl methyl sites for hydroxylation is 1. The number of nitrogens with one attached hydrogen (secondary N) is 1. The maximum atomic E-state index is 13.3. The van der Waals surface area contributed by atoms with Crippen LogP contribution in [-0.4, -0.2) is 34.9 Å². The molecule has 0 bridgehead atoms. The highest BCUT2D eigenvalue weighted by molar-refractivity contribution is 5.94. The van der Waals surface area contributed by atoms with Crippen LogP contribution in [0.4, 0.5) is 0 Å². The van der Waals surface area contributed by atoms with E-state index in [1.165, 1.54) is 5.56 Å². The lowest BCUT2D eigenvalue weighted by molar-refractivity contribution is 0.0642. The van der Waals surface area contributed by atoms with Crippen LogP contribution in [-0.2, 0) is 13.0 Å². The Kier molecular flexibility index (Phi) is 6.78. The SMILES string of the molecule is CCCc1ccc(C(=O)N(Cc2ccccn2)C2CCCNCC2)cc1. The summed E-state index contributed by atoms with van der Waals surface area (Å²) >= 11 is 0. The fourth-order valence-corrected chi connectivity index (χ4v) is 3.61. The molecule has 1 atom stereocenters. The van der Waals surface area contributed by atoms with Crippen LogP contribution in [0.2, 0.25) is 0 Å². The van der Waals surface area contributed by atoms with Gasteiger partial charge in [-0.2, -0.15) is 0 Å². The fraction of sp³-hybridized carbons (Fsp3) is 0.455. The van der Waals surface area contributed by atoms with E-state index in [2.05, 4.69) is 29.4 Å². The molecule has 138 valence electrons. The molecule has 0 saturated carbocycles. The van der Waals surface area contributed by atoms with Gasteiger partial charge in [-0.3, -0.25) is 9.78 Å². The van der Waals surface area contributed by atoms with Crippen LogP contribution in [0.25, 0.3) is 0 Å². The van der Waals surface area contributed by atoms with Gasteiger partial charge >= 0.3 is 0 Å². The third kappa shape index (κ3) is 4.92. The molecule has 4 heteroatoms. The first-order valence-electron chi connectivity index (χ1n) is 9.78. The van der Waals surface area contributed by atoms with Gasteiger partial charge in [-0.15, -0.1) is 0 Å². The number of amides is 1. The molecule has 1 unspecified atom stereocenters. The highest BCUT2D eigenvalue weighted by Gasteiger charge is 2.26. The van der Waals surface area contributed by atoms with Crippen LogP contribution in [0.15, 0.2) is 48.7 Å². The zero-order valence-electron chi connectivity index (χ0n) is 15.7. The van der Waals surface area contributed by atoms with E-state index >= 15 is 0 Å². The maximum Gasteiger partial charge on any atom is 0.254 e. The van der Waals surface area contributed by atoms with Crippen molar-refractivity contribution in [2.45, 2.75) is 51.6 Å². The Hall–Kier alpha value is -2.20. The van der Waals surface area contributed by atoms with E-state index in [4.69, 9.17) is 0 Å². The summed E-state index contributed by atoms with van der Waals surface area (Å²) in [6.07, 6.45) is 7.11. The Morgan fingerprint density at radius 2 is 2.00 bits per heavy atom. The molecule has 1 fully saturated rings. The second kappa shape index (κ2) is 9.48. The second-order valence-corrected chi connectivity index (χ2v) is 7.04. The highest BCUT2D eigenvalue weighted by Crippen LogP contribution is 2.20. The molecule has 1 aliphatic heterocycles. The summed E-state index contributed by atoms with van der Waals surface area (Å²) in [6.45, 7) is 4.74. The Morgan fingerprint density at radius 3 is 2.73 bits per heavy atom. The van der Waals surface area contributed by atoms with Gasteiger partial charge in [0.2, 0.25) is 0 Å². The first kappa shape index (κ1) is 18.6. The highest BCUT2D eigenvalue weighted by atomic mass is 16.2. The number of nitrogens with zero attached hydrogens (tertiary/aromatic N) is 2. The summed E-state index contributed by atoms with van der Waals surface area (Å²) in [5.41, 5.74) is 3.01. The van der Waals surface area contributed by atoms with Crippen LogP contribution in [0.1, 0.15) is 54.2 Å². The maximum absolute atomic E-state index is 13.3. The van der Waals surface area contributed by atoms with Gasteiger partial charge in [0.25, 0.3) is 5.91 Å². The van der Waals surface area contributed by atoms with E-state index in [1.54, 1.807) is 6.20 Å².